The van der Waals surface area contributed by atoms with Gasteiger partial charge in [0.05, 0.1) is 17.4 Å². The van der Waals surface area contributed by atoms with Crippen molar-refractivity contribution >= 4 is 27.5 Å². The molecule has 4 rings (SSSR count). The number of hydrogen-bond acceptors (Lipinski definition) is 6. The van der Waals surface area contributed by atoms with Gasteiger partial charge in [0, 0.05) is 35.4 Å². The molecule has 0 aromatic carbocycles. The molecule has 24 heavy (non-hydrogen) atoms. The molecule has 2 N–H and O–H groups in total. The van der Waals surface area contributed by atoms with Crippen molar-refractivity contribution in [3.8, 4) is 0 Å². The monoisotopic (exact) mass is 321 g/mol. The van der Waals surface area contributed by atoms with Crippen LogP contribution in [0.15, 0.2) is 40.0 Å². The van der Waals surface area contributed by atoms with Gasteiger partial charge in [-0.3, -0.25) is 9.78 Å². The Balaban J connectivity index is 1.90. The minimum Gasteiger partial charge on any atom is -0.364 e. The zero-order valence-electron chi connectivity index (χ0n) is 13.3. The fraction of sp³-hybridized carbons (Fsp3) is 0.176. The first-order valence-electron chi connectivity index (χ1n) is 7.55. The molecular formula is C17H15N5O2. The van der Waals surface area contributed by atoms with E-state index in [0.29, 0.717) is 23.3 Å². The minimum atomic E-state index is -0.167. The molecule has 0 atom stereocenters. The molecule has 4 aromatic heterocycles. The van der Waals surface area contributed by atoms with Crippen LogP contribution in [0.5, 0.6) is 0 Å². The lowest BCUT2D eigenvalue weighted by Crippen LogP contribution is -2.10. The van der Waals surface area contributed by atoms with E-state index in [1.165, 1.54) is 0 Å². The van der Waals surface area contributed by atoms with Gasteiger partial charge in [-0.25, -0.2) is 4.98 Å². The van der Waals surface area contributed by atoms with Crippen LogP contribution in [0.4, 0.5) is 5.82 Å². The van der Waals surface area contributed by atoms with Gasteiger partial charge in [0.25, 0.3) is 5.56 Å². The number of aryl methyl sites for hydroxylation is 2. The van der Waals surface area contributed by atoms with Gasteiger partial charge in [-0.15, -0.1) is 0 Å². The van der Waals surface area contributed by atoms with E-state index in [1.807, 2.05) is 26.0 Å². The minimum absolute atomic E-state index is 0.167. The molecule has 0 saturated carbocycles. The molecule has 0 unspecified atom stereocenters. The predicted octanol–water partition coefficient (Wildman–Crippen LogP) is 2.69. The average Bonchev–Trinajstić information content (AvgIpc) is 3.01. The van der Waals surface area contributed by atoms with Crippen molar-refractivity contribution in [1.29, 1.82) is 0 Å². The van der Waals surface area contributed by atoms with Gasteiger partial charge in [-0.05, 0) is 25.5 Å². The third-order valence-corrected chi connectivity index (χ3v) is 3.94. The molecular weight excluding hydrogens is 306 g/mol. The summed E-state index contributed by atoms with van der Waals surface area (Å²) in [5.74, 6) is 1.45. The lowest BCUT2D eigenvalue weighted by molar-refractivity contribution is 0.391. The van der Waals surface area contributed by atoms with E-state index in [2.05, 4.69) is 25.4 Å². The lowest BCUT2D eigenvalue weighted by Gasteiger charge is -2.11. The van der Waals surface area contributed by atoms with Crippen molar-refractivity contribution in [3.05, 3.63) is 58.1 Å². The van der Waals surface area contributed by atoms with Crippen LogP contribution in [0.25, 0.3) is 21.7 Å². The van der Waals surface area contributed by atoms with E-state index in [4.69, 9.17) is 4.52 Å². The number of nitrogens with zero attached hydrogens (tertiary/aromatic N) is 3. The van der Waals surface area contributed by atoms with E-state index in [9.17, 15) is 4.79 Å². The first-order valence-corrected chi connectivity index (χ1v) is 7.55. The highest BCUT2D eigenvalue weighted by Crippen LogP contribution is 2.28. The van der Waals surface area contributed by atoms with Gasteiger partial charge < -0.3 is 14.8 Å². The van der Waals surface area contributed by atoms with Crippen molar-refractivity contribution in [2.75, 3.05) is 5.32 Å². The largest absolute Gasteiger partial charge is 0.364 e. The molecule has 0 aliphatic heterocycles. The molecule has 4 heterocycles. The number of fused-ring (bicyclic) bond motifs is 3. The first-order chi connectivity index (χ1) is 11.6. The van der Waals surface area contributed by atoms with Crippen molar-refractivity contribution in [1.82, 2.24) is 20.1 Å². The highest BCUT2D eigenvalue weighted by Gasteiger charge is 2.13. The van der Waals surface area contributed by atoms with Crippen molar-refractivity contribution in [2.24, 2.45) is 0 Å². The summed E-state index contributed by atoms with van der Waals surface area (Å²) in [5.41, 5.74) is 2.19. The maximum absolute atomic E-state index is 12.3. The summed E-state index contributed by atoms with van der Waals surface area (Å²) in [6.45, 7) is 4.25. The van der Waals surface area contributed by atoms with Crippen LogP contribution in [-0.4, -0.2) is 20.1 Å². The van der Waals surface area contributed by atoms with Crippen LogP contribution in [0, 0.1) is 13.8 Å². The topological polar surface area (TPSA) is 96.7 Å². The molecule has 7 nitrogen and oxygen atoms in total. The molecule has 0 bridgehead atoms. The summed E-state index contributed by atoms with van der Waals surface area (Å²) in [6.07, 6.45) is 5.05. The Bertz CT molecular complexity index is 1110. The fourth-order valence-corrected chi connectivity index (χ4v) is 2.80. The van der Waals surface area contributed by atoms with Crippen molar-refractivity contribution < 1.29 is 4.52 Å². The van der Waals surface area contributed by atoms with Gasteiger partial charge in [0.1, 0.15) is 17.3 Å². The van der Waals surface area contributed by atoms with Gasteiger partial charge in [-0.1, -0.05) is 5.16 Å². The summed E-state index contributed by atoms with van der Waals surface area (Å²) >= 11 is 0. The molecule has 0 fully saturated rings. The molecule has 0 radical (unpaired) electrons. The highest BCUT2D eigenvalue weighted by molar-refractivity contribution is 6.09. The van der Waals surface area contributed by atoms with E-state index < -0.39 is 0 Å². The quantitative estimate of drug-likeness (QED) is 0.563. The number of aromatic amines is 1. The third-order valence-electron chi connectivity index (χ3n) is 3.94. The Hall–Kier alpha value is -3.22. The van der Waals surface area contributed by atoms with Crippen LogP contribution in [0.3, 0.4) is 0 Å². The number of rotatable bonds is 3. The van der Waals surface area contributed by atoms with Gasteiger partial charge in [0.15, 0.2) is 0 Å². The Labute approximate surface area is 136 Å². The van der Waals surface area contributed by atoms with E-state index in [1.54, 1.807) is 18.6 Å². The van der Waals surface area contributed by atoms with Gasteiger partial charge in [0.2, 0.25) is 0 Å². The molecule has 0 saturated heterocycles. The summed E-state index contributed by atoms with van der Waals surface area (Å²) in [5, 5.41) is 9.42. The second kappa shape index (κ2) is 5.45. The second-order valence-corrected chi connectivity index (χ2v) is 5.69. The Morgan fingerprint density at radius 3 is 2.96 bits per heavy atom. The van der Waals surface area contributed by atoms with E-state index in [-0.39, 0.29) is 5.56 Å². The number of nitrogens with one attached hydrogen (secondary N) is 2. The molecule has 0 aliphatic carbocycles. The van der Waals surface area contributed by atoms with E-state index in [0.717, 1.165) is 27.8 Å². The van der Waals surface area contributed by atoms with Crippen LogP contribution < -0.4 is 10.9 Å². The normalized spacial score (nSPS) is 11.2. The van der Waals surface area contributed by atoms with Gasteiger partial charge >= 0.3 is 0 Å². The zero-order chi connectivity index (χ0) is 16.7. The van der Waals surface area contributed by atoms with Crippen LogP contribution in [0.2, 0.25) is 0 Å². The van der Waals surface area contributed by atoms with Crippen LogP contribution in [0.1, 0.15) is 17.0 Å². The summed E-state index contributed by atoms with van der Waals surface area (Å²) < 4.78 is 5.08. The fourth-order valence-electron chi connectivity index (χ4n) is 2.80. The van der Waals surface area contributed by atoms with Crippen molar-refractivity contribution in [2.45, 2.75) is 20.4 Å². The standard InChI is InChI=1S/C17H15N5O2/c1-9-6-20-17(23)14-13-8-18-4-3-12(13)16(21-15(9)14)19-7-11-5-10(2)24-22-11/h3-6,8H,7H2,1-2H3,(H,19,21)(H,20,23). The zero-order valence-corrected chi connectivity index (χ0v) is 13.3. The summed E-state index contributed by atoms with van der Waals surface area (Å²) in [7, 11) is 0. The number of aromatic nitrogens is 4. The molecule has 7 heteroatoms. The number of H-pyrrole nitrogens is 1. The van der Waals surface area contributed by atoms with Crippen LogP contribution in [-0.2, 0) is 6.54 Å². The average molecular weight is 321 g/mol. The highest BCUT2D eigenvalue weighted by atomic mass is 16.5. The molecule has 0 spiro atoms. The molecule has 4 aromatic rings. The Kier molecular flexibility index (Phi) is 3.26. The maximum atomic E-state index is 12.3. The maximum Gasteiger partial charge on any atom is 0.258 e. The predicted molar refractivity (Wildman–Crippen MR) is 91.0 cm³/mol. The smallest absolute Gasteiger partial charge is 0.258 e. The second-order valence-electron chi connectivity index (χ2n) is 5.69. The number of pyridine rings is 3. The lowest BCUT2D eigenvalue weighted by atomic mass is 10.1. The number of hydrogen-bond donors (Lipinski definition) is 2. The Morgan fingerprint density at radius 2 is 2.17 bits per heavy atom. The molecule has 0 aliphatic rings. The summed E-state index contributed by atoms with van der Waals surface area (Å²) in [4.78, 5) is 23.8. The SMILES string of the molecule is Cc1cc(CNc2nc3c(C)c[nH]c(=O)c3c3cnccc23)no1. The van der Waals surface area contributed by atoms with Crippen molar-refractivity contribution in [3.63, 3.8) is 0 Å². The third kappa shape index (κ3) is 2.30. The Morgan fingerprint density at radius 1 is 1.29 bits per heavy atom. The molecule has 0 amide bonds. The molecule has 120 valence electrons. The first kappa shape index (κ1) is 14.4. The van der Waals surface area contributed by atoms with Crippen LogP contribution >= 0.6 is 0 Å². The number of anilines is 1. The summed E-state index contributed by atoms with van der Waals surface area (Å²) in [6, 6.07) is 3.72. The van der Waals surface area contributed by atoms with E-state index >= 15 is 0 Å². The van der Waals surface area contributed by atoms with Gasteiger partial charge in [-0.2, -0.15) is 0 Å².